The SMILES string of the molecule is CCCCCOc1c(OC)ccc(C(=O)NCCc2ccc([N+](=O)[O-])cc2)c1CCO. The number of nitrogens with one attached hydrogen (secondary N) is 1. The number of non-ortho nitro benzene ring substituents is 1. The summed E-state index contributed by atoms with van der Waals surface area (Å²) in [4.78, 5) is 23.1. The molecule has 0 aliphatic heterocycles. The van der Waals surface area contributed by atoms with E-state index in [1.165, 1.54) is 12.1 Å². The Morgan fingerprint density at radius 1 is 1.13 bits per heavy atom. The smallest absolute Gasteiger partial charge is 0.269 e. The molecule has 0 saturated carbocycles. The zero-order chi connectivity index (χ0) is 22.6. The number of methoxy groups -OCH3 is 1. The number of carbonyl (C=O) groups excluding carboxylic acids is 1. The highest BCUT2D eigenvalue weighted by Crippen LogP contribution is 2.34. The van der Waals surface area contributed by atoms with E-state index in [-0.39, 0.29) is 24.6 Å². The van der Waals surface area contributed by atoms with Crippen LogP contribution in [-0.4, -0.2) is 42.8 Å². The number of nitro benzene ring substituents is 1. The van der Waals surface area contributed by atoms with Crippen LogP contribution in [0.1, 0.15) is 47.7 Å². The largest absolute Gasteiger partial charge is 0.493 e. The molecule has 168 valence electrons. The van der Waals surface area contributed by atoms with Gasteiger partial charge in [0.1, 0.15) is 0 Å². The highest BCUT2D eigenvalue weighted by molar-refractivity contribution is 5.96. The molecule has 0 fully saturated rings. The first-order chi connectivity index (χ1) is 15.0. The van der Waals surface area contributed by atoms with E-state index in [1.54, 1.807) is 31.4 Å². The quantitative estimate of drug-likeness (QED) is 0.285. The Bertz CT molecular complexity index is 867. The number of nitrogens with zero attached hydrogens (tertiary/aromatic N) is 1. The van der Waals surface area contributed by atoms with E-state index < -0.39 is 4.92 Å². The number of unbranched alkanes of at least 4 members (excludes halogenated alkanes) is 2. The van der Waals surface area contributed by atoms with E-state index in [0.717, 1.165) is 24.8 Å². The van der Waals surface area contributed by atoms with E-state index in [2.05, 4.69) is 12.2 Å². The van der Waals surface area contributed by atoms with Gasteiger partial charge in [0.25, 0.3) is 11.6 Å². The van der Waals surface area contributed by atoms with Gasteiger partial charge in [-0.15, -0.1) is 0 Å². The summed E-state index contributed by atoms with van der Waals surface area (Å²) in [6.07, 6.45) is 3.81. The number of rotatable bonds is 13. The van der Waals surface area contributed by atoms with Crippen LogP contribution in [0, 0.1) is 10.1 Å². The number of benzene rings is 2. The van der Waals surface area contributed by atoms with E-state index in [1.807, 2.05) is 0 Å². The highest BCUT2D eigenvalue weighted by Gasteiger charge is 2.20. The Balaban J connectivity index is 2.09. The molecular weight excluding hydrogens is 400 g/mol. The molecule has 0 saturated heterocycles. The summed E-state index contributed by atoms with van der Waals surface area (Å²) >= 11 is 0. The van der Waals surface area contributed by atoms with Gasteiger partial charge >= 0.3 is 0 Å². The zero-order valence-corrected chi connectivity index (χ0v) is 18.1. The molecule has 0 bridgehead atoms. The molecule has 8 nitrogen and oxygen atoms in total. The lowest BCUT2D eigenvalue weighted by Gasteiger charge is -2.18. The second-order valence-corrected chi connectivity index (χ2v) is 7.08. The first kappa shape index (κ1) is 24.1. The number of hydrogen-bond acceptors (Lipinski definition) is 6. The molecule has 0 aliphatic rings. The van der Waals surface area contributed by atoms with E-state index in [9.17, 15) is 20.0 Å². The number of ether oxygens (including phenoxy) is 2. The van der Waals surface area contributed by atoms with Crippen LogP contribution >= 0.6 is 0 Å². The van der Waals surface area contributed by atoms with Gasteiger partial charge in [-0.1, -0.05) is 31.9 Å². The summed E-state index contributed by atoms with van der Waals surface area (Å²) in [7, 11) is 1.54. The Labute approximate surface area is 182 Å². The number of aliphatic hydroxyl groups excluding tert-OH is 1. The van der Waals surface area contributed by atoms with Crippen molar-refractivity contribution in [3.05, 3.63) is 63.2 Å². The molecule has 0 aliphatic carbocycles. The van der Waals surface area contributed by atoms with E-state index in [4.69, 9.17) is 9.47 Å². The van der Waals surface area contributed by atoms with Crippen molar-refractivity contribution < 1.29 is 24.3 Å². The fourth-order valence-electron chi connectivity index (χ4n) is 3.22. The van der Waals surface area contributed by atoms with E-state index in [0.29, 0.717) is 42.2 Å². The summed E-state index contributed by atoms with van der Waals surface area (Å²) in [6, 6.07) is 9.61. The van der Waals surface area contributed by atoms with Gasteiger partial charge in [-0.25, -0.2) is 0 Å². The number of aliphatic hydroxyl groups is 1. The number of hydrogen-bond donors (Lipinski definition) is 2. The third kappa shape index (κ3) is 6.96. The number of nitro groups is 1. The lowest BCUT2D eigenvalue weighted by molar-refractivity contribution is -0.384. The van der Waals surface area contributed by atoms with E-state index >= 15 is 0 Å². The first-order valence-electron chi connectivity index (χ1n) is 10.5. The first-order valence-corrected chi connectivity index (χ1v) is 10.5. The predicted octanol–water partition coefficient (Wildman–Crippen LogP) is 3.68. The summed E-state index contributed by atoms with van der Waals surface area (Å²) in [5.74, 6) is 0.754. The summed E-state index contributed by atoms with van der Waals surface area (Å²) in [6.45, 7) is 2.86. The van der Waals surface area contributed by atoms with Crippen molar-refractivity contribution >= 4 is 11.6 Å². The van der Waals surface area contributed by atoms with Crippen LogP contribution in [-0.2, 0) is 12.8 Å². The monoisotopic (exact) mass is 430 g/mol. The molecule has 1 amide bonds. The van der Waals surface area contributed by atoms with Crippen molar-refractivity contribution in [2.45, 2.75) is 39.0 Å². The summed E-state index contributed by atoms with van der Waals surface area (Å²) in [5, 5.41) is 23.1. The van der Waals surface area contributed by atoms with Crippen molar-refractivity contribution in [3.8, 4) is 11.5 Å². The minimum Gasteiger partial charge on any atom is -0.493 e. The average molecular weight is 431 g/mol. The van der Waals surface area contributed by atoms with Gasteiger partial charge in [0, 0.05) is 42.8 Å². The second-order valence-electron chi connectivity index (χ2n) is 7.08. The molecular formula is C23H30N2O6. The lowest BCUT2D eigenvalue weighted by atomic mass is 10.0. The maximum Gasteiger partial charge on any atom is 0.269 e. The van der Waals surface area contributed by atoms with Crippen LogP contribution in [0.4, 0.5) is 5.69 Å². The number of amides is 1. The average Bonchev–Trinajstić information content (AvgIpc) is 2.77. The molecule has 2 aromatic carbocycles. The molecule has 2 N–H and O–H groups in total. The molecule has 0 unspecified atom stereocenters. The van der Waals surface area contributed by atoms with Crippen LogP contribution in [0.2, 0.25) is 0 Å². The summed E-state index contributed by atoms with van der Waals surface area (Å²) < 4.78 is 11.3. The fraction of sp³-hybridized carbons (Fsp3) is 0.435. The summed E-state index contributed by atoms with van der Waals surface area (Å²) in [5.41, 5.74) is 1.97. The van der Waals surface area contributed by atoms with Gasteiger partial charge in [0.05, 0.1) is 18.6 Å². The molecule has 0 spiro atoms. The maximum atomic E-state index is 12.8. The third-order valence-corrected chi connectivity index (χ3v) is 4.89. The van der Waals surface area contributed by atoms with Crippen LogP contribution in [0.25, 0.3) is 0 Å². The molecule has 0 aromatic heterocycles. The van der Waals surface area contributed by atoms with Crippen molar-refractivity contribution in [1.82, 2.24) is 5.32 Å². The Morgan fingerprint density at radius 3 is 2.48 bits per heavy atom. The van der Waals surface area contributed by atoms with Gasteiger partial charge in [-0.05, 0) is 30.5 Å². The second kappa shape index (κ2) is 12.5. The fourth-order valence-corrected chi connectivity index (χ4v) is 3.22. The van der Waals surface area contributed by atoms with Gasteiger partial charge in [-0.3, -0.25) is 14.9 Å². The van der Waals surface area contributed by atoms with Crippen LogP contribution in [0.3, 0.4) is 0 Å². The van der Waals surface area contributed by atoms with Crippen LogP contribution in [0.5, 0.6) is 11.5 Å². The maximum absolute atomic E-state index is 12.8. The molecule has 0 heterocycles. The molecule has 0 atom stereocenters. The minimum atomic E-state index is -0.445. The normalized spacial score (nSPS) is 10.5. The van der Waals surface area contributed by atoms with Crippen molar-refractivity contribution in [1.29, 1.82) is 0 Å². The van der Waals surface area contributed by atoms with Crippen molar-refractivity contribution in [2.24, 2.45) is 0 Å². The lowest BCUT2D eigenvalue weighted by Crippen LogP contribution is -2.27. The van der Waals surface area contributed by atoms with Gasteiger partial charge in [0.15, 0.2) is 11.5 Å². The van der Waals surface area contributed by atoms with Crippen molar-refractivity contribution in [3.63, 3.8) is 0 Å². The minimum absolute atomic E-state index is 0.0335. The van der Waals surface area contributed by atoms with Crippen LogP contribution < -0.4 is 14.8 Å². The predicted molar refractivity (Wildman–Crippen MR) is 118 cm³/mol. The van der Waals surface area contributed by atoms with Crippen LogP contribution in [0.15, 0.2) is 36.4 Å². The molecule has 31 heavy (non-hydrogen) atoms. The van der Waals surface area contributed by atoms with Gasteiger partial charge in [-0.2, -0.15) is 0 Å². The highest BCUT2D eigenvalue weighted by atomic mass is 16.6. The standard InChI is InChI=1S/C23H30N2O6/c1-3-4-5-16-31-22-19(13-15-26)20(10-11-21(22)30-2)23(27)24-14-12-17-6-8-18(9-7-17)25(28)29/h6-11,26H,3-5,12-16H2,1-2H3,(H,24,27). The van der Waals surface area contributed by atoms with Gasteiger partial charge < -0.3 is 19.9 Å². The topological polar surface area (TPSA) is 111 Å². The molecule has 0 radical (unpaired) electrons. The molecule has 2 rings (SSSR count). The third-order valence-electron chi connectivity index (χ3n) is 4.89. The molecule has 8 heteroatoms. The van der Waals surface area contributed by atoms with Gasteiger partial charge in [0.2, 0.25) is 0 Å². The Hall–Kier alpha value is -3.13. The zero-order valence-electron chi connectivity index (χ0n) is 18.1. The number of carbonyl (C=O) groups is 1. The molecule has 2 aromatic rings. The Morgan fingerprint density at radius 2 is 1.87 bits per heavy atom. The Kier molecular flexibility index (Phi) is 9.77. The van der Waals surface area contributed by atoms with Crippen molar-refractivity contribution in [2.75, 3.05) is 26.9 Å².